The normalized spacial score (nSPS) is 10.8. The zero-order chi connectivity index (χ0) is 21.9. The predicted molar refractivity (Wildman–Crippen MR) is 122 cm³/mol. The van der Waals surface area contributed by atoms with E-state index in [1.165, 1.54) is 0 Å². The number of aromatic nitrogens is 4. The molecule has 3 aromatic carbocycles. The number of imidazole rings is 1. The van der Waals surface area contributed by atoms with Crippen molar-refractivity contribution in [2.24, 2.45) is 0 Å². The SMILES string of the molecule is Cc1nc(Oc2ccc(NC(=O)c3cccc4ccccc34)cc2)cc(-n2ccnc2)n1. The Labute approximate surface area is 184 Å². The van der Waals surface area contributed by atoms with Gasteiger partial charge in [-0.3, -0.25) is 9.36 Å². The summed E-state index contributed by atoms with van der Waals surface area (Å²) in [4.78, 5) is 25.6. The third-order valence-electron chi connectivity index (χ3n) is 4.94. The van der Waals surface area contributed by atoms with Crippen LogP contribution in [0.25, 0.3) is 16.6 Å². The molecule has 7 nitrogen and oxygen atoms in total. The van der Waals surface area contributed by atoms with Gasteiger partial charge in [-0.15, -0.1) is 0 Å². The molecule has 0 fully saturated rings. The molecule has 0 saturated heterocycles. The first kappa shape index (κ1) is 19.4. The van der Waals surface area contributed by atoms with Crippen LogP contribution in [0.3, 0.4) is 0 Å². The summed E-state index contributed by atoms with van der Waals surface area (Å²) in [5, 5.41) is 4.89. The van der Waals surface area contributed by atoms with E-state index in [-0.39, 0.29) is 5.91 Å². The zero-order valence-electron chi connectivity index (χ0n) is 17.3. The van der Waals surface area contributed by atoms with E-state index in [2.05, 4.69) is 20.3 Å². The van der Waals surface area contributed by atoms with E-state index in [9.17, 15) is 4.79 Å². The van der Waals surface area contributed by atoms with Crippen LogP contribution in [0.15, 0.2) is 91.5 Å². The molecule has 0 aliphatic heterocycles. The van der Waals surface area contributed by atoms with E-state index < -0.39 is 0 Å². The summed E-state index contributed by atoms with van der Waals surface area (Å²) in [6.07, 6.45) is 5.15. The number of fused-ring (bicyclic) bond motifs is 1. The highest BCUT2D eigenvalue weighted by molar-refractivity contribution is 6.12. The topological polar surface area (TPSA) is 81.9 Å². The predicted octanol–water partition coefficient (Wildman–Crippen LogP) is 5.17. The van der Waals surface area contributed by atoms with Crippen LogP contribution in [0, 0.1) is 6.92 Å². The molecule has 0 spiro atoms. The van der Waals surface area contributed by atoms with Gasteiger partial charge in [0.2, 0.25) is 5.88 Å². The molecule has 1 N–H and O–H groups in total. The van der Waals surface area contributed by atoms with E-state index in [1.54, 1.807) is 60.5 Å². The molecule has 156 valence electrons. The van der Waals surface area contributed by atoms with Crippen LogP contribution < -0.4 is 10.1 Å². The lowest BCUT2D eigenvalue weighted by molar-refractivity contribution is 0.102. The molecule has 0 aliphatic rings. The maximum Gasteiger partial charge on any atom is 0.256 e. The Morgan fingerprint density at radius 3 is 2.59 bits per heavy atom. The first-order valence-electron chi connectivity index (χ1n) is 10.1. The molecule has 5 aromatic rings. The third-order valence-corrected chi connectivity index (χ3v) is 4.94. The second-order valence-electron chi connectivity index (χ2n) is 7.19. The molecule has 0 unspecified atom stereocenters. The van der Waals surface area contributed by atoms with E-state index >= 15 is 0 Å². The average molecular weight is 421 g/mol. The average Bonchev–Trinajstić information content (AvgIpc) is 3.35. The molecule has 0 saturated carbocycles. The third kappa shape index (κ3) is 4.04. The fraction of sp³-hybridized carbons (Fsp3) is 0.0400. The Morgan fingerprint density at radius 1 is 0.969 bits per heavy atom. The molecule has 0 radical (unpaired) electrons. The van der Waals surface area contributed by atoms with Gasteiger partial charge in [0.1, 0.15) is 23.7 Å². The van der Waals surface area contributed by atoms with E-state index in [0.29, 0.717) is 34.5 Å². The number of nitrogens with one attached hydrogen (secondary N) is 1. The smallest absolute Gasteiger partial charge is 0.256 e. The molecule has 5 rings (SSSR count). The second kappa shape index (κ2) is 8.31. The molecule has 0 aliphatic carbocycles. The van der Waals surface area contributed by atoms with Gasteiger partial charge in [-0.25, -0.2) is 9.97 Å². The highest BCUT2D eigenvalue weighted by Gasteiger charge is 2.11. The number of hydrogen-bond acceptors (Lipinski definition) is 5. The second-order valence-corrected chi connectivity index (χ2v) is 7.19. The van der Waals surface area contributed by atoms with E-state index in [1.807, 2.05) is 42.5 Å². The summed E-state index contributed by atoms with van der Waals surface area (Å²) in [5.74, 6) is 2.12. The van der Waals surface area contributed by atoms with Gasteiger partial charge in [-0.2, -0.15) is 4.98 Å². The molecular formula is C25H19N5O2. The monoisotopic (exact) mass is 421 g/mol. The van der Waals surface area contributed by atoms with Gasteiger partial charge >= 0.3 is 0 Å². The van der Waals surface area contributed by atoms with Gasteiger partial charge in [-0.05, 0) is 48.0 Å². The molecule has 1 amide bonds. The minimum Gasteiger partial charge on any atom is -0.439 e. The fourth-order valence-electron chi connectivity index (χ4n) is 3.45. The minimum absolute atomic E-state index is 0.160. The highest BCUT2D eigenvalue weighted by atomic mass is 16.5. The quantitative estimate of drug-likeness (QED) is 0.423. The Kier molecular flexibility index (Phi) is 5.05. The van der Waals surface area contributed by atoms with Crippen LogP contribution in [0.5, 0.6) is 11.6 Å². The van der Waals surface area contributed by atoms with Gasteiger partial charge in [0.15, 0.2) is 0 Å². The van der Waals surface area contributed by atoms with Gasteiger partial charge in [-0.1, -0.05) is 36.4 Å². The number of carbonyl (C=O) groups is 1. The van der Waals surface area contributed by atoms with Crippen LogP contribution in [0.1, 0.15) is 16.2 Å². The Morgan fingerprint density at radius 2 is 1.78 bits per heavy atom. The van der Waals surface area contributed by atoms with E-state index in [4.69, 9.17) is 4.74 Å². The van der Waals surface area contributed by atoms with Crippen LogP contribution in [-0.4, -0.2) is 25.4 Å². The van der Waals surface area contributed by atoms with Crippen LogP contribution in [0.2, 0.25) is 0 Å². The van der Waals surface area contributed by atoms with Crippen molar-refractivity contribution in [3.8, 4) is 17.4 Å². The van der Waals surface area contributed by atoms with Crippen molar-refractivity contribution in [2.45, 2.75) is 6.92 Å². The van der Waals surface area contributed by atoms with Gasteiger partial charge in [0.25, 0.3) is 5.91 Å². The number of amides is 1. The lowest BCUT2D eigenvalue weighted by atomic mass is 10.0. The number of carbonyl (C=O) groups excluding carboxylic acids is 1. The summed E-state index contributed by atoms with van der Waals surface area (Å²) >= 11 is 0. The van der Waals surface area contributed by atoms with Crippen molar-refractivity contribution in [2.75, 3.05) is 5.32 Å². The van der Waals surface area contributed by atoms with Crippen LogP contribution >= 0.6 is 0 Å². The number of aryl methyl sites for hydroxylation is 1. The summed E-state index contributed by atoms with van der Waals surface area (Å²) in [5.41, 5.74) is 1.31. The Hall–Kier alpha value is -4.52. The van der Waals surface area contributed by atoms with Crippen molar-refractivity contribution >= 4 is 22.4 Å². The maximum absolute atomic E-state index is 12.8. The van der Waals surface area contributed by atoms with Crippen molar-refractivity contribution in [1.82, 2.24) is 19.5 Å². The Balaban J connectivity index is 1.32. The number of rotatable bonds is 5. The first-order chi connectivity index (χ1) is 15.7. The molecule has 0 atom stereocenters. The van der Waals surface area contributed by atoms with Crippen molar-refractivity contribution in [1.29, 1.82) is 0 Å². The standard InChI is InChI=1S/C25H19N5O2/c1-17-27-23(30-14-13-26-16-30)15-24(28-17)32-20-11-9-19(10-12-20)29-25(31)22-8-4-6-18-5-2-3-7-21(18)22/h2-16H,1H3,(H,29,31). The fourth-order valence-corrected chi connectivity index (χ4v) is 3.45. The summed E-state index contributed by atoms with van der Waals surface area (Å²) in [7, 11) is 0. The summed E-state index contributed by atoms with van der Waals surface area (Å²) < 4.78 is 7.69. The maximum atomic E-state index is 12.8. The van der Waals surface area contributed by atoms with Crippen LogP contribution in [-0.2, 0) is 0 Å². The lowest BCUT2D eigenvalue weighted by Crippen LogP contribution is -2.12. The largest absolute Gasteiger partial charge is 0.439 e. The lowest BCUT2D eigenvalue weighted by Gasteiger charge is -2.10. The van der Waals surface area contributed by atoms with E-state index in [0.717, 1.165) is 10.8 Å². The molecule has 32 heavy (non-hydrogen) atoms. The van der Waals surface area contributed by atoms with Crippen molar-refractivity contribution in [3.05, 3.63) is 103 Å². The Bertz CT molecular complexity index is 1390. The van der Waals surface area contributed by atoms with Crippen LogP contribution in [0.4, 0.5) is 5.69 Å². The molecular weight excluding hydrogens is 402 g/mol. The van der Waals surface area contributed by atoms with Gasteiger partial charge < -0.3 is 10.1 Å². The highest BCUT2D eigenvalue weighted by Crippen LogP contribution is 2.24. The number of benzene rings is 3. The number of hydrogen-bond donors (Lipinski definition) is 1. The molecule has 7 heteroatoms. The summed E-state index contributed by atoms with van der Waals surface area (Å²) in [6.45, 7) is 1.80. The molecule has 2 aromatic heterocycles. The number of nitrogens with zero attached hydrogens (tertiary/aromatic N) is 4. The zero-order valence-corrected chi connectivity index (χ0v) is 17.3. The number of anilines is 1. The minimum atomic E-state index is -0.160. The molecule has 0 bridgehead atoms. The van der Waals surface area contributed by atoms with Crippen molar-refractivity contribution in [3.63, 3.8) is 0 Å². The first-order valence-corrected chi connectivity index (χ1v) is 10.1. The van der Waals surface area contributed by atoms with Gasteiger partial charge in [0.05, 0.1) is 0 Å². The van der Waals surface area contributed by atoms with Gasteiger partial charge in [0, 0.05) is 29.7 Å². The molecule has 2 heterocycles. The van der Waals surface area contributed by atoms with Crippen molar-refractivity contribution < 1.29 is 9.53 Å². The number of ether oxygens (including phenoxy) is 1. The summed E-state index contributed by atoms with van der Waals surface area (Å²) in [6, 6.07) is 22.4.